The molecule has 0 saturated heterocycles. The normalized spacial score (nSPS) is 23.5. The van der Waals surface area contributed by atoms with Crippen LogP contribution in [0.15, 0.2) is 30.3 Å². The van der Waals surface area contributed by atoms with E-state index < -0.39 is 23.5 Å². The van der Waals surface area contributed by atoms with E-state index in [9.17, 15) is 14.4 Å². The molecule has 0 bridgehead atoms. The largest absolute Gasteiger partial charge is 0.462 e. The Bertz CT molecular complexity index is 636. The van der Waals surface area contributed by atoms with Crippen LogP contribution in [0, 0.1) is 5.41 Å². The van der Waals surface area contributed by atoms with Gasteiger partial charge in [0, 0.05) is 13.0 Å². The SMILES string of the molecule is BC(=O)N[C@@H]1CC[C@@](C(=O)OCc2ccccc2)(C(C)OC(C)=O)C1. The van der Waals surface area contributed by atoms with Crippen molar-refractivity contribution in [2.75, 3.05) is 0 Å². The Kier molecular flexibility index (Phi) is 6.23. The summed E-state index contributed by atoms with van der Waals surface area (Å²) in [6.45, 7) is 3.19. The Morgan fingerprint density at radius 1 is 1.32 bits per heavy atom. The maximum absolute atomic E-state index is 12.9. The number of ether oxygens (including phenoxy) is 2. The average Bonchev–Trinajstić information content (AvgIpc) is 2.97. The van der Waals surface area contributed by atoms with Gasteiger partial charge >= 0.3 is 11.9 Å². The number of hydrogen-bond acceptors (Lipinski definition) is 5. The molecule has 0 radical (unpaired) electrons. The van der Waals surface area contributed by atoms with Crippen LogP contribution in [0.5, 0.6) is 0 Å². The highest BCUT2D eigenvalue weighted by atomic mass is 16.6. The minimum absolute atomic E-state index is 0.125. The Morgan fingerprint density at radius 2 is 2.00 bits per heavy atom. The smallest absolute Gasteiger partial charge is 0.316 e. The topological polar surface area (TPSA) is 81.7 Å². The molecule has 1 amide bonds. The molecular formula is C18H24BNO5. The molecule has 1 unspecified atom stereocenters. The summed E-state index contributed by atoms with van der Waals surface area (Å²) in [5.74, 6) is -0.970. The predicted molar refractivity (Wildman–Crippen MR) is 94.6 cm³/mol. The molecule has 0 aliphatic heterocycles. The van der Waals surface area contributed by atoms with Crippen molar-refractivity contribution in [1.82, 2.24) is 5.32 Å². The Morgan fingerprint density at radius 3 is 2.60 bits per heavy atom. The number of carbonyl (C=O) groups excluding carboxylic acids is 3. The van der Waals surface area contributed by atoms with Crippen molar-refractivity contribution in [1.29, 1.82) is 0 Å². The number of amides is 1. The molecule has 1 aliphatic rings. The molecule has 7 heteroatoms. The third-order valence-electron chi connectivity index (χ3n) is 4.70. The van der Waals surface area contributed by atoms with Crippen LogP contribution in [0.25, 0.3) is 0 Å². The minimum Gasteiger partial charge on any atom is -0.462 e. The molecule has 1 fully saturated rings. The zero-order valence-electron chi connectivity index (χ0n) is 14.9. The van der Waals surface area contributed by atoms with Gasteiger partial charge in [0.25, 0.3) is 0 Å². The Hall–Kier alpha value is -2.31. The molecule has 2 rings (SSSR count). The van der Waals surface area contributed by atoms with E-state index in [0.29, 0.717) is 19.3 Å². The monoisotopic (exact) mass is 345 g/mol. The van der Waals surface area contributed by atoms with Crippen LogP contribution in [0.3, 0.4) is 0 Å². The second-order valence-electron chi connectivity index (χ2n) is 6.61. The van der Waals surface area contributed by atoms with E-state index in [1.54, 1.807) is 6.92 Å². The average molecular weight is 345 g/mol. The summed E-state index contributed by atoms with van der Waals surface area (Å²) in [4.78, 5) is 35.6. The fourth-order valence-electron chi connectivity index (χ4n) is 3.44. The first kappa shape index (κ1) is 19.0. The molecule has 1 saturated carbocycles. The molecule has 134 valence electrons. The van der Waals surface area contributed by atoms with E-state index in [1.165, 1.54) is 14.8 Å². The number of esters is 2. The van der Waals surface area contributed by atoms with Crippen LogP contribution < -0.4 is 5.32 Å². The molecule has 1 aromatic rings. The molecular weight excluding hydrogens is 321 g/mol. The zero-order chi connectivity index (χ0) is 18.4. The summed E-state index contributed by atoms with van der Waals surface area (Å²) in [6.07, 6.45) is 0.923. The van der Waals surface area contributed by atoms with E-state index in [2.05, 4.69) is 5.32 Å². The van der Waals surface area contributed by atoms with Crippen molar-refractivity contribution < 1.29 is 23.9 Å². The lowest BCUT2D eigenvalue weighted by atomic mass is 9.80. The first-order valence-electron chi connectivity index (χ1n) is 8.49. The van der Waals surface area contributed by atoms with E-state index in [-0.39, 0.29) is 18.5 Å². The van der Waals surface area contributed by atoms with E-state index in [0.717, 1.165) is 5.56 Å². The molecule has 0 heterocycles. The van der Waals surface area contributed by atoms with Gasteiger partial charge in [-0.1, -0.05) is 30.3 Å². The molecule has 1 aliphatic carbocycles. The summed E-state index contributed by atoms with van der Waals surface area (Å²) < 4.78 is 10.8. The van der Waals surface area contributed by atoms with Crippen molar-refractivity contribution in [3.63, 3.8) is 0 Å². The van der Waals surface area contributed by atoms with Crippen molar-refractivity contribution in [2.45, 2.75) is 51.9 Å². The Balaban J connectivity index is 2.12. The summed E-state index contributed by atoms with van der Waals surface area (Å²) in [5.41, 5.74) is -0.0457. The van der Waals surface area contributed by atoms with Gasteiger partial charge in [0.1, 0.15) is 18.1 Å². The minimum atomic E-state index is -0.937. The number of nitrogens with one attached hydrogen (secondary N) is 1. The summed E-state index contributed by atoms with van der Waals surface area (Å²) in [7, 11) is 1.45. The highest BCUT2D eigenvalue weighted by Gasteiger charge is 2.52. The first-order chi connectivity index (χ1) is 11.8. The van der Waals surface area contributed by atoms with Crippen LogP contribution in [0.1, 0.15) is 38.7 Å². The van der Waals surface area contributed by atoms with Crippen molar-refractivity contribution in [3.05, 3.63) is 35.9 Å². The maximum atomic E-state index is 12.9. The summed E-state index contributed by atoms with van der Waals surface area (Å²) in [6, 6.07) is 9.28. The van der Waals surface area contributed by atoms with E-state index in [4.69, 9.17) is 9.47 Å². The van der Waals surface area contributed by atoms with Gasteiger partial charge < -0.3 is 14.8 Å². The van der Waals surface area contributed by atoms with Gasteiger partial charge in [-0.25, -0.2) is 0 Å². The van der Waals surface area contributed by atoms with Crippen molar-refractivity contribution in [2.24, 2.45) is 5.41 Å². The number of rotatable bonds is 6. The standard InChI is InChI=1S/C18H24BNO5/c1-12(25-13(2)21)18(9-8-15(10-18)20-17(19)23)16(22)24-11-14-6-4-3-5-7-14/h3-7,12,15H,8-11,19H2,1-2H3,(H,20,23)/t12?,15-,18+/m1/s1. The van der Waals surface area contributed by atoms with Gasteiger partial charge in [-0.15, -0.1) is 0 Å². The van der Waals surface area contributed by atoms with E-state index >= 15 is 0 Å². The lowest BCUT2D eigenvalue weighted by molar-refractivity contribution is -0.172. The van der Waals surface area contributed by atoms with Gasteiger partial charge in [-0.3, -0.25) is 14.4 Å². The van der Waals surface area contributed by atoms with Gasteiger partial charge in [0.05, 0.1) is 0 Å². The van der Waals surface area contributed by atoms with E-state index in [1.807, 2.05) is 30.3 Å². The maximum Gasteiger partial charge on any atom is 0.316 e. The van der Waals surface area contributed by atoms with Crippen molar-refractivity contribution >= 4 is 25.6 Å². The molecule has 6 nitrogen and oxygen atoms in total. The highest BCUT2D eigenvalue weighted by Crippen LogP contribution is 2.44. The van der Waals surface area contributed by atoms with Gasteiger partial charge in [0.15, 0.2) is 5.81 Å². The lowest BCUT2D eigenvalue weighted by Crippen LogP contribution is -2.44. The highest BCUT2D eigenvalue weighted by molar-refractivity contribution is 6.57. The molecule has 0 spiro atoms. The van der Waals surface area contributed by atoms with Crippen LogP contribution in [-0.4, -0.2) is 37.7 Å². The van der Waals surface area contributed by atoms with Gasteiger partial charge in [0.2, 0.25) is 7.85 Å². The molecule has 1 aromatic carbocycles. The quantitative estimate of drug-likeness (QED) is 0.625. The zero-order valence-corrected chi connectivity index (χ0v) is 14.9. The molecule has 25 heavy (non-hydrogen) atoms. The first-order valence-corrected chi connectivity index (χ1v) is 8.49. The number of hydrogen-bond donors (Lipinski definition) is 1. The van der Waals surface area contributed by atoms with Crippen LogP contribution in [0.2, 0.25) is 0 Å². The summed E-state index contributed by atoms with van der Waals surface area (Å²) in [5, 5.41) is 2.85. The summed E-state index contributed by atoms with van der Waals surface area (Å²) >= 11 is 0. The lowest BCUT2D eigenvalue weighted by Gasteiger charge is -2.32. The third-order valence-corrected chi connectivity index (χ3v) is 4.70. The van der Waals surface area contributed by atoms with Crippen molar-refractivity contribution in [3.8, 4) is 0 Å². The second kappa shape index (κ2) is 8.18. The van der Waals surface area contributed by atoms with Crippen LogP contribution in [-0.2, 0) is 25.7 Å². The third kappa shape index (κ3) is 4.84. The molecule has 1 N–H and O–H groups in total. The predicted octanol–water partition coefficient (Wildman–Crippen LogP) is 1.56. The Labute approximate surface area is 148 Å². The molecule has 0 aromatic heterocycles. The fraction of sp³-hybridized carbons (Fsp3) is 0.500. The van der Waals surface area contributed by atoms with Crippen LogP contribution in [0.4, 0.5) is 4.79 Å². The number of carbonyl (C=O) groups is 3. The van der Waals surface area contributed by atoms with Gasteiger partial charge in [-0.2, -0.15) is 0 Å². The fourth-order valence-corrected chi connectivity index (χ4v) is 3.44. The van der Waals surface area contributed by atoms with Gasteiger partial charge in [-0.05, 0) is 31.7 Å². The second-order valence-corrected chi connectivity index (χ2v) is 6.61. The van der Waals surface area contributed by atoms with Crippen LogP contribution >= 0.6 is 0 Å². The number of benzene rings is 1. The molecule has 3 atom stereocenters.